The second kappa shape index (κ2) is 5.83. The summed E-state index contributed by atoms with van der Waals surface area (Å²) in [6, 6.07) is 0.864. The fourth-order valence-electron chi connectivity index (χ4n) is 4.94. The molecule has 1 saturated carbocycles. The highest BCUT2D eigenvalue weighted by atomic mass is 15.2. The van der Waals surface area contributed by atoms with Gasteiger partial charge in [-0.15, -0.1) is 0 Å². The SMILES string of the molecule is CCC1CC2CC1C(CC)N(CC1C=CC=CC1)C2. The summed E-state index contributed by atoms with van der Waals surface area (Å²) in [5.74, 6) is 3.77. The zero-order valence-electron chi connectivity index (χ0n) is 12.6. The largest absolute Gasteiger partial charge is 0.299 e. The minimum atomic E-state index is 0.761. The highest BCUT2D eigenvalue weighted by Gasteiger charge is 2.44. The Labute approximate surface area is 118 Å². The van der Waals surface area contributed by atoms with Crippen molar-refractivity contribution in [2.45, 2.75) is 52.0 Å². The first-order valence-corrected chi connectivity index (χ1v) is 8.39. The zero-order valence-corrected chi connectivity index (χ0v) is 12.6. The van der Waals surface area contributed by atoms with Gasteiger partial charge in [0.2, 0.25) is 0 Å². The predicted octanol–water partition coefficient (Wildman–Crippen LogP) is 4.27. The van der Waals surface area contributed by atoms with Crippen molar-refractivity contribution in [2.24, 2.45) is 23.7 Å². The molecule has 0 aromatic carbocycles. The van der Waals surface area contributed by atoms with Crippen LogP contribution in [0.15, 0.2) is 24.3 Å². The Kier molecular flexibility index (Phi) is 4.12. The third-order valence-electron chi connectivity index (χ3n) is 5.78. The van der Waals surface area contributed by atoms with E-state index < -0.39 is 0 Å². The third-order valence-corrected chi connectivity index (χ3v) is 5.78. The lowest BCUT2D eigenvalue weighted by Gasteiger charge is -2.42. The standard InChI is InChI=1S/C18H29N/c1-3-16-10-15-11-17(16)18(4-2)19(13-15)12-14-8-6-5-7-9-14/h5-8,14-18H,3-4,9-13H2,1-2H3. The third kappa shape index (κ3) is 2.67. The Morgan fingerprint density at radius 3 is 2.68 bits per heavy atom. The molecular weight excluding hydrogens is 230 g/mol. The van der Waals surface area contributed by atoms with E-state index >= 15 is 0 Å². The Bertz CT molecular complexity index is 357. The number of allylic oxidation sites excluding steroid dienone is 3. The zero-order chi connectivity index (χ0) is 13.2. The van der Waals surface area contributed by atoms with Crippen LogP contribution in [-0.2, 0) is 0 Å². The van der Waals surface area contributed by atoms with Gasteiger partial charge in [-0.2, -0.15) is 0 Å². The molecule has 0 spiro atoms. The topological polar surface area (TPSA) is 3.24 Å². The molecule has 5 unspecified atom stereocenters. The van der Waals surface area contributed by atoms with Crippen LogP contribution in [0.3, 0.4) is 0 Å². The number of nitrogens with zero attached hydrogens (tertiary/aromatic N) is 1. The molecule has 1 aliphatic heterocycles. The molecule has 1 saturated heterocycles. The average Bonchev–Trinajstić information content (AvgIpc) is 2.78. The molecule has 106 valence electrons. The summed E-state index contributed by atoms with van der Waals surface area (Å²) in [6.07, 6.45) is 16.2. The van der Waals surface area contributed by atoms with Gasteiger partial charge in [-0.05, 0) is 49.4 Å². The van der Waals surface area contributed by atoms with Crippen molar-refractivity contribution < 1.29 is 0 Å². The maximum absolute atomic E-state index is 2.85. The van der Waals surface area contributed by atoms with Gasteiger partial charge in [0.25, 0.3) is 0 Å². The number of rotatable bonds is 4. The second-order valence-electron chi connectivity index (χ2n) is 6.91. The number of fused-ring (bicyclic) bond motifs is 2. The van der Waals surface area contributed by atoms with Gasteiger partial charge in [-0.25, -0.2) is 0 Å². The van der Waals surface area contributed by atoms with Gasteiger partial charge >= 0.3 is 0 Å². The summed E-state index contributed by atoms with van der Waals surface area (Å²) in [7, 11) is 0. The van der Waals surface area contributed by atoms with Crippen molar-refractivity contribution in [3.63, 3.8) is 0 Å². The van der Waals surface area contributed by atoms with Crippen LogP contribution in [0.5, 0.6) is 0 Å². The fourth-order valence-corrected chi connectivity index (χ4v) is 4.94. The van der Waals surface area contributed by atoms with Crippen molar-refractivity contribution in [2.75, 3.05) is 13.1 Å². The summed E-state index contributed by atoms with van der Waals surface area (Å²) in [4.78, 5) is 2.85. The molecular formula is C18H29N. The van der Waals surface area contributed by atoms with Crippen molar-refractivity contribution in [1.29, 1.82) is 0 Å². The van der Waals surface area contributed by atoms with Crippen LogP contribution < -0.4 is 0 Å². The van der Waals surface area contributed by atoms with Crippen LogP contribution in [-0.4, -0.2) is 24.0 Å². The molecule has 0 amide bonds. The molecule has 2 fully saturated rings. The highest BCUT2D eigenvalue weighted by molar-refractivity contribution is 5.11. The Balaban J connectivity index is 1.67. The highest BCUT2D eigenvalue weighted by Crippen LogP contribution is 2.46. The van der Waals surface area contributed by atoms with E-state index in [0.717, 1.165) is 29.7 Å². The van der Waals surface area contributed by atoms with Crippen LogP contribution >= 0.6 is 0 Å². The van der Waals surface area contributed by atoms with Gasteiger partial charge in [-0.1, -0.05) is 44.6 Å². The number of likely N-dealkylation sites (tertiary alicyclic amines) is 1. The minimum Gasteiger partial charge on any atom is -0.299 e. The molecule has 2 bridgehead atoms. The molecule has 0 N–H and O–H groups in total. The summed E-state index contributed by atoms with van der Waals surface area (Å²) >= 11 is 0. The molecule has 5 atom stereocenters. The van der Waals surface area contributed by atoms with Gasteiger partial charge in [0.15, 0.2) is 0 Å². The normalized spacial score (nSPS) is 41.9. The van der Waals surface area contributed by atoms with E-state index in [-0.39, 0.29) is 0 Å². The minimum absolute atomic E-state index is 0.761. The molecule has 19 heavy (non-hydrogen) atoms. The molecule has 1 nitrogen and oxygen atoms in total. The van der Waals surface area contributed by atoms with Crippen molar-refractivity contribution in [3.05, 3.63) is 24.3 Å². The van der Waals surface area contributed by atoms with Crippen LogP contribution in [0.2, 0.25) is 0 Å². The van der Waals surface area contributed by atoms with Gasteiger partial charge in [0.1, 0.15) is 0 Å². The molecule has 3 rings (SSSR count). The van der Waals surface area contributed by atoms with Crippen LogP contribution in [0.1, 0.15) is 46.0 Å². The van der Waals surface area contributed by atoms with Crippen molar-refractivity contribution in [3.8, 4) is 0 Å². The number of hydrogen-bond donors (Lipinski definition) is 0. The lowest BCUT2D eigenvalue weighted by Crippen LogP contribution is -2.47. The Morgan fingerprint density at radius 1 is 1.11 bits per heavy atom. The summed E-state index contributed by atoms with van der Waals surface area (Å²) < 4.78 is 0. The lowest BCUT2D eigenvalue weighted by molar-refractivity contribution is 0.0680. The van der Waals surface area contributed by atoms with Gasteiger partial charge in [0, 0.05) is 19.1 Å². The van der Waals surface area contributed by atoms with E-state index in [1.807, 2.05) is 0 Å². The van der Waals surface area contributed by atoms with Crippen LogP contribution in [0, 0.1) is 23.7 Å². The number of hydrogen-bond acceptors (Lipinski definition) is 1. The fraction of sp³-hybridized carbons (Fsp3) is 0.778. The predicted molar refractivity (Wildman–Crippen MR) is 82.0 cm³/mol. The lowest BCUT2D eigenvalue weighted by atomic mass is 9.83. The molecule has 1 heterocycles. The van der Waals surface area contributed by atoms with E-state index in [2.05, 4.69) is 43.1 Å². The van der Waals surface area contributed by atoms with Crippen LogP contribution in [0.4, 0.5) is 0 Å². The maximum Gasteiger partial charge on any atom is 0.0124 e. The van der Waals surface area contributed by atoms with Gasteiger partial charge in [0.05, 0.1) is 0 Å². The molecule has 0 aromatic rings. The molecule has 2 aliphatic carbocycles. The number of piperidine rings is 1. The molecule has 1 heteroatoms. The van der Waals surface area contributed by atoms with E-state index in [1.165, 1.54) is 45.2 Å². The molecule has 3 aliphatic rings. The first kappa shape index (κ1) is 13.4. The average molecular weight is 259 g/mol. The molecule has 0 radical (unpaired) electrons. The Morgan fingerprint density at radius 2 is 2.00 bits per heavy atom. The van der Waals surface area contributed by atoms with E-state index in [0.29, 0.717) is 0 Å². The van der Waals surface area contributed by atoms with E-state index in [4.69, 9.17) is 0 Å². The second-order valence-corrected chi connectivity index (χ2v) is 6.91. The quantitative estimate of drug-likeness (QED) is 0.729. The maximum atomic E-state index is 2.85. The summed E-state index contributed by atoms with van der Waals surface area (Å²) in [6.45, 7) is 7.47. The van der Waals surface area contributed by atoms with Crippen molar-refractivity contribution in [1.82, 2.24) is 4.90 Å². The monoisotopic (exact) mass is 259 g/mol. The van der Waals surface area contributed by atoms with Crippen molar-refractivity contribution >= 4 is 0 Å². The molecule has 0 aromatic heterocycles. The van der Waals surface area contributed by atoms with E-state index in [1.54, 1.807) is 0 Å². The Hall–Kier alpha value is -0.560. The first-order valence-electron chi connectivity index (χ1n) is 8.39. The first-order chi connectivity index (χ1) is 9.31. The van der Waals surface area contributed by atoms with Gasteiger partial charge in [-0.3, -0.25) is 4.90 Å². The smallest absolute Gasteiger partial charge is 0.0124 e. The van der Waals surface area contributed by atoms with Crippen LogP contribution in [0.25, 0.3) is 0 Å². The van der Waals surface area contributed by atoms with E-state index in [9.17, 15) is 0 Å². The summed E-state index contributed by atoms with van der Waals surface area (Å²) in [5, 5.41) is 0. The summed E-state index contributed by atoms with van der Waals surface area (Å²) in [5.41, 5.74) is 0. The van der Waals surface area contributed by atoms with Gasteiger partial charge < -0.3 is 0 Å².